The van der Waals surface area contributed by atoms with Crippen LogP contribution in [0.2, 0.25) is 0 Å². The van der Waals surface area contributed by atoms with E-state index in [4.69, 9.17) is 66.3 Å². The number of ether oxygens (including phenoxy) is 14. The molecule has 0 bridgehead atoms. The molecule has 0 aromatic heterocycles. The Bertz CT molecular complexity index is 1820. The number of hydrogen-bond donors (Lipinski definition) is 3. The summed E-state index contributed by atoms with van der Waals surface area (Å²) in [5.41, 5.74) is 1.22. The lowest BCUT2D eigenvalue weighted by atomic mass is 10.0. The molecule has 1 aliphatic rings. The molecular formula is C55H101N5O20. The number of rotatable bonds is 50. The van der Waals surface area contributed by atoms with Crippen molar-refractivity contribution in [2.24, 2.45) is 17.8 Å². The zero-order chi connectivity index (χ0) is 58.4. The number of nitrogens with one attached hydrogen (secondary N) is 3. The van der Waals surface area contributed by atoms with E-state index >= 15 is 0 Å². The van der Waals surface area contributed by atoms with Gasteiger partial charge in [0.25, 0.3) is 0 Å². The molecule has 25 heteroatoms. The summed E-state index contributed by atoms with van der Waals surface area (Å²) in [6.45, 7) is 20.0. The Hall–Kier alpha value is -4.48. The van der Waals surface area contributed by atoms with E-state index in [1.807, 2.05) is 6.92 Å². The number of amides is 5. The van der Waals surface area contributed by atoms with Gasteiger partial charge in [-0.1, -0.05) is 46.8 Å². The van der Waals surface area contributed by atoms with Gasteiger partial charge in [0.05, 0.1) is 171 Å². The minimum atomic E-state index is -1.03. The minimum absolute atomic E-state index is 0. The van der Waals surface area contributed by atoms with Gasteiger partial charge in [0, 0.05) is 42.7 Å². The van der Waals surface area contributed by atoms with Crippen LogP contribution in [-0.4, -0.2) is 249 Å². The molecule has 80 heavy (non-hydrogen) atoms. The maximum absolute atomic E-state index is 13.5. The van der Waals surface area contributed by atoms with E-state index in [-0.39, 0.29) is 112 Å². The number of anilines is 1. The van der Waals surface area contributed by atoms with Gasteiger partial charge < -0.3 is 92.1 Å². The zero-order valence-electron chi connectivity index (χ0n) is 48.7. The first kappa shape index (κ1) is 71.6. The normalized spacial score (nSPS) is 14.5. The van der Waals surface area contributed by atoms with E-state index in [1.165, 1.54) is 11.8 Å². The predicted octanol–water partition coefficient (Wildman–Crippen LogP) is 2.60. The molecule has 1 saturated heterocycles. The molecule has 0 aliphatic carbocycles. The molecule has 1 heterocycles. The van der Waals surface area contributed by atoms with Crippen molar-refractivity contribution in [2.75, 3.05) is 197 Å². The third-order valence-corrected chi connectivity index (χ3v) is 11.7. The molecule has 25 nitrogen and oxygen atoms in total. The quantitative estimate of drug-likeness (QED) is 0.0625. The van der Waals surface area contributed by atoms with Crippen molar-refractivity contribution >= 4 is 41.2 Å². The lowest BCUT2D eigenvalue weighted by Crippen LogP contribution is -2.55. The smallest absolute Gasteiger partial charge is 0.308 e. The van der Waals surface area contributed by atoms with Crippen molar-refractivity contribution in [3.63, 3.8) is 0 Å². The van der Waals surface area contributed by atoms with Gasteiger partial charge in [-0.3, -0.25) is 28.8 Å². The molecule has 2 rings (SSSR count). The fourth-order valence-corrected chi connectivity index (χ4v) is 6.95. The maximum atomic E-state index is 13.5. The lowest BCUT2D eigenvalue weighted by Gasteiger charge is -2.26. The lowest BCUT2D eigenvalue weighted by molar-refractivity contribution is -0.148. The van der Waals surface area contributed by atoms with Gasteiger partial charge in [-0.2, -0.15) is 0 Å². The predicted molar refractivity (Wildman–Crippen MR) is 299 cm³/mol. The van der Waals surface area contributed by atoms with E-state index in [0.717, 1.165) is 12.0 Å². The summed E-state index contributed by atoms with van der Waals surface area (Å²) in [6, 6.07) is 4.77. The number of carbonyl (C=O) groups is 6. The molecule has 0 spiro atoms. The van der Waals surface area contributed by atoms with E-state index < -0.39 is 29.8 Å². The van der Waals surface area contributed by atoms with Crippen LogP contribution in [0.25, 0.3) is 0 Å². The topological polar surface area (TPSA) is 274 Å². The second kappa shape index (κ2) is 47.1. The summed E-state index contributed by atoms with van der Waals surface area (Å²) in [5.74, 6) is -2.95. The second-order valence-electron chi connectivity index (χ2n) is 19.1. The van der Waals surface area contributed by atoms with Crippen LogP contribution in [0.5, 0.6) is 0 Å². The van der Waals surface area contributed by atoms with Crippen molar-refractivity contribution in [3.05, 3.63) is 29.8 Å². The third-order valence-electron chi connectivity index (χ3n) is 11.7. The van der Waals surface area contributed by atoms with Crippen molar-refractivity contribution < 1.29 is 99.4 Å². The van der Waals surface area contributed by atoms with Crippen LogP contribution in [-0.2, 0) is 102 Å². The van der Waals surface area contributed by atoms with Crippen molar-refractivity contribution in [1.29, 1.82) is 0 Å². The molecule has 3 N–H and O–H groups in total. The Morgan fingerprint density at radius 3 is 1.56 bits per heavy atom. The number of methoxy groups -OCH3 is 1. The molecule has 3 atom stereocenters. The standard InChI is InChI=1S/C55H95N5O20.3H2/c1-43(2)51(53(64)56-46(6)52(63)57-48-10-8-47(9-11-48)41-80-55(66)44(3)4)58-49(61)40-59(14-18-69-23-26-73-32-33-76-36-37-78-39-38-77-35-34-75-29-28-71-21-20-67-7)50(62)13-17-68-22-25-72-30-31-74-27-24-70-19-15-60-42-79-16-12-45(5)54(60)65;;;/h8-11,43-46,51H,12-42H2,1-7H3,(H,56,64)(H,57,63)(H,58,61);3*1H/t45?,46-,51-;;;/m0.../s1. The van der Waals surface area contributed by atoms with E-state index in [0.29, 0.717) is 131 Å². The molecule has 1 fully saturated rings. The van der Waals surface area contributed by atoms with E-state index in [9.17, 15) is 28.8 Å². The van der Waals surface area contributed by atoms with Gasteiger partial charge in [-0.05, 0) is 37.0 Å². The Labute approximate surface area is 477 Å². The highest BCUT2D eigenvalue weighted by atomic mass is 16.6. The average Bonchev–Trinajstić information content (AvgIpc) is 3.63. The van der Waals surface area contributed by atoms with Crippen molar-refractivity contribution in [2.45, 2.75) is 73.1 Å². The Morgan fingerprint density at radius 2 is 1.09 bits per heavy atom. The number of benzene rings is 1. The van der Waals surface area contributed by atoms with E-state index in [2.05, 4.69) is 16.0 Å². The van der Waals surface area contributed by atoms with Crippen LogP contribution in [0.1, 0.15) is 64.2 Å². The van der Waals surface area contributed by atoms with Gasteiger partial charge >= 0.3 is 5.97 Å². The fourth-order valence-electron chi connectivity index (χ4n) is 6.95. The number of carbonyl (C=O) groups excluding carboxylic acids is 6. The van der Waals surface area contributed by atoms with Crippen LogP contribution in [0.15, 0.2) is 24.3 Å². The first-order valence-corrected chi connectivity index (χ1v) is 27.9. The zero-order valence-corrected chi connectivity index (χ0v) is 48.7. The van der Waals surface area contributed by atoms with Crippen LogP contribution >= 0.6 is 0 Å². The van der Waals surface area contributed by atoms with Gasteiger partial charge in [0.15, 0.2) is 0 Å². The Balaban J connectivity index is 0. The molecule has 0 radical (unpaired) electrons. The summed E-state index contributed by atoms with van der Waals surface area (Å²) in [4.78, 5) is 80.8. The summed E-state index contributed by atoms with van der Waals surface area (Å²) < 4.78 is 76.7. The van der Waals surface area contributed by atoms with E-state index in [1.54, 1.807) is 64.0 Å². The first-order valence-electron chi connectivity index (χ1n) is 27.9. The highest BCUT2D eigenvalue weighted by Gasteiger charge is 2.29. The molecule has 1 unspecified atom stereocenters. The van der Waals surface area contributed by atoms with Crippen LogP contribution in [0, 0.1) is 17.8 Å². The Kier molecular flexibility index (Phi) is 42.1. The molecule has 1 aromatic rings. The first-order chi connectivity index (χ1) is 38.7. The summed E-state index contributed by atoms with van der Waals surface area (Å²) in [6.07, 6.45) is 0.684. The monoisotopic (exact) mass is 1150 g/mol. The van der Waals surface area contributed by atoms with Gasteiger partial charge in [-0.25, -0.2) is 0 Å². The van der Waals surface area contributed by atoms with Gasteiger partial charge in [-0.15, -0.1) is 0 Å². The molecule has 466 valence electrons. The fraction of sp³-hybridized carbons (Fsp3) is 0.782. The third kappa shape index (κ3) is 36.1. The number of hydrogen-bond acceptors (Lipinski definition) is 20. The minimum Gasteiger partial charge on any atom is -0.461 e. The average molecular weight is 1150 g/mol. The van der Waals surface area contributed by atoms with Crippen molar-refractivity contribution in [3.8, 4) is 0 Å². The van der Waals surface area contributed by atoms with Crippen LogP contribution in [0.4, 0.5) is 5.69 Å². The highest BCUT2D eigenvalue weighted by molar-refractivity contribution is 5.98. The number of esters is 1. The molecular weight excluding hydrogens is 1050 g/mol. The summed E-state index contributed by atoms with van der Waals surface area (Å²) in [7, 11) is 1.63. The SMILES string of the molecule is COCCOCCOCCOCCOCCOCCOCCOCCN(CC(=O)N[C@H](C(=O)N[C@@H](C)C(=O)Nc1ccc(COC(=O)C(C)C)cc1)C(C)C)C(=O)CCOCCOCCOCCOCCN1COCCC(C)C1=O.[HH].[HH].[HH]. The van der Waals surface area contributed by atoms with Gasteiger partial charge in [0.1, 0.15) is 25.4 Å². The van der Waals surface area contributed by atoms with Crippen LogP contribution in [0.3, 0.4) is 0 Å². The molecule has 1 aromatic carbocycles. The van der Waals surface area contributed by atoms with Gasteiger partial charge in [0.2, 0.25) is 29.5 Å². The summed E-state index contributed by atoms with van der Waals surface area (Å²) >= 11 is 0. The maximum Gasteiger partial charge on any atom is 0.308 e. The molecule has 0 saturated carbocycles. The number of nitrogens with zero attached hydrogens (tertiary/aromatic N) is 2. The van der Waals surface area contributed by atoms with Crippen molar-refractivity contribution in [1.82, 2.24) is 20.4 Å². The second-order valence-corrected chi connectivity index (χ2v) is 19.1. The molecule has 5 amide bonds. The largest absolute Gasteiger partial charge is 0.461 e. The van der Waals surface area contributed by atoms with Crippen LogP contribution < -0.4 is 16.0 Å². The summed E-state index contributed by atoms with van der Waals surface area (Å²) in [5, 5.41) is 8.17. The Morgan fingerprint density at radius 1 is 0.625 bits per heavy atom. The highest BCUT2D eigenvalue weighted by Crippen LogP contribution is 2.14. The molecule has 1 aliphatic heterocycles.